The van der Waals surface area contributed by atoms with E-state index in [1.54, 1.807) is 0 Å². The highest BCUT2D eigenvalue weighted by atomic mass is 35.5. The van der Waals surface area contributed by atoms with Crippen molar-refractivity contribution in [2.24, 2.45) is 0 Å². The van der Waals surface area contributed by atoms with Crippen LogP contribution in [0.1, 0.15) is 40.9 Å². The van der Waals surface area contributed by atoms with Crippen molar-refractivity contribution in [1.82, 2.24) is 14.5 Å². The number of likely N-dealkylation sites (N-methyl/N-ethyl adjacent to an activating group) is 1. The first kappa shape index (κ1) is 22.7. The number of benzene rings is 2. The average molecular weight is 450 g/mol. The number of aryl methyl sites for hydroxylation is 1. The number of rotatable bonds is 6. The molecule has 1 amide bonds. The smallest absolute Gasteiger partial charge is 0.253 e. The number of halogens is 1. The van der Waals surface area contributed by atoms with Crippen molar-refractivity contribution in [1.29, 1.82) is 0 Å². The maximum Gasteiger partial charge on any atom is 0.253 e. The standard InChI is InChI=1S/C22H28ClN3O3S/c1-4-21(17-7-5-16(2)6-8-17)24-22(27)19-15-18(9-10-20(19)23)30(28,29)26-13-11-25(3)12-14-26/h5-10,15,21H,4,11-14H2,1-3H3,(H,24,27)/t21-/m1/s1. The van der Waals surface area contributed by atoms with E-state index in [-0.39, 0.29) is 27.4 Å². The molecule has 1 aliphatic rings. The summed E-state index contributed by atoms with van der Waals surface area (Å²) in [6, 6.07) is 12.1. The van der Waals surface area contributed by atoms with Gasteiger partial charge in [-0.3, -0.25) is 4.79 Å². The summed E-state index contributed by atoms with van der Waals surface area (Å²) in [6.07, 6.45) is 0.700. The van der Waals surface area contributed by atoms with Crippen LogP contribution >= 0.6 is 11.6 Å². The fourth-order valence-corrected chi connectivity index (χ4v) is 5.12. The Balaban J connectivity index is 1.83. The van der Waals surface area contributed by atoms with Crippen LogP contribution in [0.25, 0.3) is 0 Å². The second-order valence-electron chi connectivity index (χ2n) is 7.69. The Morgan fingerprint density at radius 1 is 1.10 bits per heavy atom. The normalized spacial score (nSPS) is 16.9. The molecule has 1 atom stereocenters. The Morgan fingerprint density at radius 3 is 2.33 bits per heavy atom. The summed E-state index contributed by atoms with van der Waals surface area (Å²) < 4.78 is 27.5. The van der Waals surface area contributed by atoms with Gasteiger partial charge in [0.15, 0.2) is 0 Å². The van der Waals surface area contributed by atoms with E-state index in [1.165, 1.54) is 22.5 Å². The number of nitrogens with one attached hydrogen (secondary N) is 1. The number of carbonyl (C=O) groups excluding carboxylic acids is 1. The minimum absolute atomic E-state index is 0.0880. The quantitative estimate of drug-likeness (QED) is 0.733. The molecule has 0 aromatic heterocycles. The molecule has 162 valence electrons. The first-order valence-corrected chi connectivity index (χ1v) is 11.9. The molecule has 1 heterocycles. The van der Waals surface area contributed by atoms with Gasteiger partial charge in [-0.15, -0.1) is 0 Å². The van der Waals surface area contributed by atoms with Gasteiger partial charge < -0.3 is 10.2 Å². The fraction of sp³-hybridized carbons (Fsp3) is 0.409. The number of nitrogens with zero attached hydrogens (tertiary/aromatic N) is 2. The van der Waals surface area contributed by atoms with Gasteiger partial charge in [-0.25, -0.2) is 8.42 Å². The van der Waals surface area contributed by atoms with Crippen molar-refractivity contribution in [2.45, 2.75) is 31.2 Å². The van der Waals surface area contributed by atoms with Crippen LogP contribution in [0.2, 0.25) is 5.02 Å². The number of hydrogen-bond acceptors (Lipinski definition) is 4. The second kappa shape index (κ2) is 9.47. The minimum atomic E-state index is -3.68. The van der Waals surface area contributed by atoms with Crippen LogP contribution in [-0.4, -0.2) is 56.8 Å². The first-order valence-electron chi connectivity index (χ1n) is 10.1. The van der Waals surface area contributed by atoms with Crippen LogP contribution in [0, 0.1) is 6.92 Å². The lowest BCUT2D eigenvalue weighted by molar-refractivity contribution is 0.0935. The van der Waals surface area contributed by atoms with Crippen molar-refractivity contribution < 1.29 is 13.2 Å². The number of sulfonamides is 1. The summed E-state index contributed by atoms with van der Waals surface area (Å²) in [5, 5.41) is 3.21. The molecule has 2 aromatic rings. The molecule has 2 aromatic carbocycles. The van der Waals surface area contributed by atoms with Gasteiger partial charge in [-0.2, -0.15) is 4.31 Å². The number of hydrogen-bond donors (Lipinski definition) is 1. The molecule has 0 aliphatic carbocycles. The third kappa shape index (κ3) is 5.03. The van der Waals surface area contributed by atoms with E-state index in [1.807, 2.05) is 45.2 Å². The number of piperazine rings is 1. The maximum atomic E-state index is 13.0. The lowest BCUT2D eigenvalue weighted by Gasteiger charge is -2.31. The zero-order chi connectivity index (χ0) is 21.9. The lowest BCUT2D eigenvalue weighted by atomic mass is 10.0. The summed E-state index contributed by atoms with van der Waals surface area (Å²) in [5.74, 6) is -0.386. The Hall–Kier alpha value is -1.93. The Labute approximate surface area is 183 Å². The third-order valence-corrected chi connectivity index (χ3v) is 7.70. The molecule has 30 heavy (non-hydrogen) atoms. The highest BCUT2D eigenvalue weighted by molar-refractivity contribution is 7.89. The van der Waals surface area contributed by atoms with E-state index in [2.05, 4.69) is 10.2 Å². The number of carbonyl (C=O) groups is 1. The summed E-state index contributed by atoms with van der Waals surface area (Å²) in [4.78, 5) is 15.1. The highest BCUT2D eigenvalue weighted by Gasteiger charge is 2.29. The van der Waals surface area contributed by atoms with Gasteiger partial charge in [0.25, 0.3) is 5.91 Å². The molecule has 1 saturated heterocycles. The summed E-state index contributed by atoms with van der Waals surface area (Å²) in [5.41, 5.74) is 2.30. The van der Waals surface area contributed by atoms with Gasteiger partial charge in [-0.1, -0.05) is 48.4 Å². The molecule has 1 fully saturated rings. The van der Waals surface area contributed by atoms with Crippen LogP contribution < -0.4 is 5.32 Å². The van der Waals surface area contributed by atoms with E-state index < -0.39 is 10.0 Å². The zero-order valence-electron chi connectivity index (χ0n) is 17.6. The maximum absolute atomic E-state index is 13.0. The van der Waals surface area contributed by atoms with E-state index in [9.17, 15) is 13.2 Å². The van der Waals surface area contributed by atoms with Crippen molar-refractivity contribution in [3.8, 4) is 0 Å². The average Bonchev–Trinajstić information content (AvgIpc) is 2.73. The zero-order valence-corrected chi connectivity index (χ0v) is 19.1. The van der Waals surface area contributed by atoms with Gasteiger partial charge in [0.1, 0.15) is 0 Å². The second-order valence-corrected chi connectivity index (χ2v) is 10.0. The third-order valence-electron chi connectivity index (χ3n) is 5.48. The van der Waals surface area contributed by atoms with E-state index in [0.29, 0.717) is 32.6 Å². The van der Waals surface area contributed by atoms with Crippen LogP contribution in [0.5, 0.6) is 0 Å². The molecular weight excluding hydrogens is 422 g/mol. The molecule has 0 unspecified atom stereocenters. The minimum Gasteiger partial charge on any atom is -0.345 e. The molecule has 0 saturated carbocycles. The summed E-state index contributed by atoms with van der Waals surface area (Å²) in [7, 11) is -1.72. The molecule has 0 radical (unpaired) electrons. The molecular formula is C22H28ClN3O3S. The van der Waals surface area contributed by atoms with E-state index in [4.69, 9.17) is 11.6 Å². The predicted octanol–water partition coefficient (Wildman–Crippen LogP) is 3.47. The van der Waals surface area contributed by atoms with Crippen LogP contribution in [0.4, 0.5) is 0 Å². The molecule has 1 aliphatic heterocycles. The van der Waals surface area contributed by atoms with Crippen molar-refractivity contribution in [3.63, 3.8) is 0 Å². The van der Waals surface area contributed by atoms with Gasteiger partial charge in [0, 0.05) is 26.2 Å². The molecule has 3 rings (SSSR count). The van der Waals surface area contributed by atoms with Gasteiger partial charge in [0.05, 0.1) is 21.5 Å². The number of amides is 1. The van der Waals surface area contributed by atoms with Gasteiger partial charge in [0.2, 0.25) is 10.0 Å². The summed E-state index contributed by atoms with van der Waals surface area (Å²) in [6.45, 7) is 6.20. The molecule has 1 N–H and O–H groups in total. The molecule has 6 nitrogen and oxygen atoms in total. The van der Waals surface area contributed by atoms with E-state index >= 15 is 0 Å². The SMILES string of the molecule is CC[C@@H](NC(=O)c1cc(S(=O)(=O)N2CCN(C)CC2)ccc1Cl)c1ccc(C)cc1. The molecule has 8 heteroatoms. The molecule has 0 spiro atoms. The molecule has 0 bridgehead atoms. The lowest BCUT2D eigenvalue weighted by Crippen LogP contribution is -2.47. The van der Waals surface area contributed by atoms with Crippen molar-refractivity contribution in [2.75, 3.05) is 33.2 Å². The van der Waals surface area contributed by atoms with Crippen LogP contribution in [0.3, 0.4) is 0 Å². The highest BCUT2D eigenvalue weighted by Crippen LogP contribution is 2.25. The topological polar surface area (TPSA) is 69.7 Å². The van der Waals surface area contributed by atoms with Crippen molar-refractivity contribution >= 4 is 27.5 Å². The van der Waals surface area contributed by atoms with Gasteiger partial charge in [-0.05, 0) is 44.2 Å². The Morgan fingerprint density at radius 2 is 1.73 bits per heavy atom. The first-order chi connectivity index (χ1) is 14.2. The monoisotopic (exact) mass is 449 g/mol. The van der Waals surface area contributed by atoms with E-state index in [0.717, 1.165) is 11.1 Å². The predicted molar refractivity (Wildman–Crippen MR) is 119 cm³/mol. The van der Waals surface area contributed by atoms with Gasteiger partial charge >= 0.3 is 0 Å². The summed E-state index contributed by atoms with van der Waals surface area (Å²) >= 11 is 6.26. The Kier molecular flexibility index (Phi) is 7.18. The van der Waals surface area contributed by atoms with Crippen LogP contribution in [-0.2, 0) is 10.0 Å². The van der Waals surface area contributed by atoms with Crippen LogP contribution in [0.15, 0.2) is 47.4 Å². The van der Waals surface area contributed by atoms with Crippen molar-refractivity contribution in [3.05, 3.63) is 64.2 Å². The fourth-order valence-electron chi connectivity index (χ4n) is 3.47. The largest absolute Gasteiger partial charge is 0.345 e. The Bertz CT molecular complexity index is 1000.